The van der Waals surface area contributed by atoms with Crippen molar-refractivity contribution in [2.24, 2.45) is 7.05 Å². The molecule has 0 saturated carbocycles. The van der Waals surface area contributed by atoms with Gasteiger partial charge in [0.15, 0.2) is 5.65 Å². The summed E-state index contributed by atoms with van der Waals surface area (Å²) in [6.07, 6.45) is 4.85. The predicted molar refractivity (Wildman–Crippen MR) is 95.8 cm³/mol. The van der Waals surface area contributed by atoms with Gasteiger partial charge >= 0.3 is 0 Å². The fourth-order valence-electron chi connectivity index (χ4n) is 3.62. The molecule has 3 aromatic rings. The van der Waals surface area contributed by atoms with E-state index in [1.165, 1.54) is 0 Å². The van der Waals surface area contributed by atoms with Gasteiger partial charge in [0.25, 0.3) is 5.91 Å². The first-order valence-electron chi connectivity index (χ1n) is 8.78. The van der Waals surface area contributed by atoms with Crippen LogP contribution in [0.1, 0.15) is 42.0 Å². The number of rotatable bonds is 4. The summed E-state index contributed by atoms with van der Waals surface area (Å²) < 4.78 is 3.83. The highest BCUT2D eigenvalue weighted by Crippen LogP contribution is 2.26. The van der Waals surface area contributed by atoms with E-state index in [1.54, 1.807) is 4.68 Å². The van der Waals surface area contributed by atoms with E-state index < -0.39 is 0 Å². The van der Waals surface area contributed by atoms with Crippen molar-refractivity contribution < 1.29 is 4.79 Å². The highest BCUT2D eigenvalue weighted by molar-refractivity contribution is 6.07. The van der Waals surface area contributed by atoms with E-state index in [1.807, 2.05) is 32.3 Å². The zero-order chi connectivity index (χ0) is 17.4. The van der Waals surface area contributed by atoms with E-state index >= 15 is 0 Å². The van der Waals surface area contributed by atoms with E-state index in [4.69, 9.17) is 0 Å². The second-order valence-corrected chi connectivity index (χ2v) is 6.46. The molecule has 3 N–H and O–H groups in total. The molecule has 0 aromatic carbocycles. The first-order chi connectivity index (χ1) is 12.2. The Labute approximate surface area is 145 Å². The Kier molecular flexibility index (Phi) is 4.04. The summed E-state index contributed by atoms with van der Waals surface area (Å²) in [6.45, 7) is 4.02. The van der Waals surface area contributed by atoms with Crippen LogP contribution in [0.15, 0.2) is 18.3 Å². The summed E-state index contributed by atoms with van der Waals surface area (Å²) in [5.74, 6) is 0.489. The van der Waals surface area contributed by atoms with E-state index in [9.17, 15) is 4.79 Å². The Morgan fingerprint density at radius 1 is 1.40 bits per heavy atom. The van der Waals surface area contributed by atoms with Gasteiger partial charge in [-0.1, -0.05) is 6.92 Å². The Balaban J connectivity index is 1.62. The first-order valence-corrected chi connectivity index (χ1v) is 8.78. The Bertz CT molecular complexity index is 898. The van der Waals surface area contributed by atoms with Gasteiger partial charge in [-0.3, -0.25) is 9.89 Å². The van der Waals surface area contributed by atoms with Crippen molar-refractivity contribution in [3.63, 3.8) is 0 Å². The largest absolute Gasteiger partial charge is 0.340 e. The molecule has 0 aliphatic carbocycles. The van der Waals surface area contributed by atoms with Crippen LogP contribution in [0.2, 0.25) is 0 Å². The summed E-state index contributed by atoms with van der Waals surface area (Å²) in [7, 11) is 1.86. The van der Waals surface area contributed by atoms with Gasteiger partial charge in [0.05, 0.1) is 11.1 Å². The quantitative estimate of drug-likeness (QED) is 0.675. The van der Waals surface area contributed by atoms with Crippen LogP contribution < -0.4 is 10.6 Å². The second kappa shape index (κ2) is 6.36. The number of nitrogens with zero attached hydrogens (tertiary/aromatic N) is 4. The van der Waals surface area contributed by atoms with E-state index in [0.717, 1.165) is 49.1 Å². The van der Waals surface area contributed by atoms with Crippen molar-refractivity contribution in [1.29, 1.82) is 0 Å². The number of amides is 1. The summed E-state index contributed by atoms with van der Waals surface area (Å²) >= 11 is 0. The molecule has 8 nitrogen and oxygen atoms in total. The molecule has 3 aromatic heterocycles. The van der Waals surface area contributed by atoms with Gasteiger partial charge in [0, 0.05) is 19.3 Å². The normalized spacial score (nSPS) is 15.8. The summed E-state index contributed by atoms with van der Waals surface area (Å²) in [5, 5.41) is 18.9. The van der Waals surface area contributed by atoms with Gasteiger partial charge in [0.1, 0.15) is 11.5 Å². The molecule has 1 aliphatic heterocycles. The number of fused-ring (bicyclic) bond motifs is 1. The SMILES string of the molecule is CCc1nn(C)c2n[nH]c(NC(=O)c3cccn3C3CCNCC3)c12. The van der Waals surface area contributed by atoms with Crippen LogP contribution in [0.3, 0.4) is 0 Å². The van der Waals surface area contributed by atoms with Crippen LogP contribution >= 0.6 is 0 Å². The van der Waals surface area contributed by atoms with Crippen LogP contribution in [0, 0.1) is 0 Å². The van der Waals surface area contributed by atoms with Crippen LogP contribution in [-0.4, -0.2) is 43.5 Å². The maximum Gasteiger partial charge on any atom is 0.273 e. The molecule has 1 aliphatic rings. The van der Waals surface area contributed by atoms with Crippen molar-refractivity contribution in [3.8, 4) is 0 Å². The van der Waals surface area contributed by atoms with Crippen LogP contribution in [0.4, 0.5) is 5.82 Å². The van der Waals surface area contributed by atoms with E-state index in [0.29, 0.717) is 17.6 Å². The molecule has 0 spiro atoms. The lowest BCUT2D eigenvalue weighted by atomic mass is 10.1. The van der Waals surface area contributed by atoms with Crippen molar-refractivity contribution >= 4 is 22.8 Å². The van der Waals surface area contributed by atoms with Gasteiger partial charge in [-0.2, -0.15) is 10.2 Å². The van der Waals surface area contributed by atoms with Gasteiger partial charge in [-0.05, 0) is 44.5 Å². The lowest BCUT2D eigenvalue weighted by Gasteiger charge is -2.25. The van der Waals surface area contributed by atoms with Crippen molar-refractivity contribution in [3.05, 3.63) is 29.7 Å². The molecule has 4 rings (SSSR count). The highest BCUT2D eigenvalue weighted by Gasteiger charge is 2.22. The minimum Gasteiger partial charge on any atom is -0.340 e. The Morgan fingerprint density at radius 2 is 2.20 bits per heavy atom. The van der Waals surface area contributed by atoms with Crippen molar-refractivity contribution in [2.75, 3.05) is 18.4 Å². The minimum atomic E-state index is -0.125. The molecule has 0 unspecified atom stereocenters. The Hall–Kier alpha value is -2.61. The number of aromatic nitrogens is 5. The molecule has 1 saturated heterocycles. The second-order valence-electron chi connectivity index (χ2n) is 6.46. The van der Waals surface area contributed by atoms with Gasteiger partial charge in [-0.25, -0.2) is 4.68 Å². The molecule has 4 heterocycles. The van der Waals surface area contributed by atoms with Crippen molar-refractivity contribution in [2.45, 2.75) is 32.2 Å². The standard InChI is InChI=1S/C17H23N7O/c1-3-12-14-15(20-21-16(14)23(2)22-12)19-17(25)13-5-4-10-24(13)11-6-8-18-9-7-11/h4-5,10-11,18H,3,6-9H2,1-2H3,(H2,19,20,21,25). The molecule has 1 amide bonds. The zero-order valence-corrected chi connectivity index (χ0v) is 14.5. The molecular formula is C17H23N7O. The number of carbonyl (C=O) groups excluding carboxylic acids is 1. The topological polar surface area (TPSA) is 92.6 Å². The fraction of sp³-hybridized carbons (Fsp3) is 0.471. The molecule has 0 bridgehead atoms. The van der Waals surface area contributed by atoms with Gasteiger partial charge < -0.3 is 15.2 Å². The monoisotopic (exact) mass is 341 g/mol. The highest BCUT2D eigenvalue weighted by atomic mass is 16.2. The smallest absolute Gasteiger partial charge is 0.273 e. The molecule has 1 fully saturated rings. The zero-order valence-electron chi connectivity index (χ0n) is 14.5. The summed E-state index contributed by atoms with van der Waals surface area (Å²) in [4.78, 5) is 12.9. The lowest BCUT2D eigenvalue weighted by Crippen LogP contribution is -2.31. The fourth-order valence-corrected chi connectivity index (χ4v) is 3.62. The maximum atomic E-state index is 12.9. The number of piperidine rings is 1. The van der Waals surface area contributed by atoms with Gasteiger partial charge in [0.2, 0.25) is 0 Å². The molecular weight excluding hydrogens is 318 g/mol. The third kappa shape index (κ3) is 2.72. The Morgan fingerprint density at radius 3 is 2.96 bits per heavy atom. The summed E-state index contributed by atoms with van der Waals surface area (Å²) in [6, 6.07) is 4.17. The molecule has 132 valence electrons. The number of nitrogens with one attached hydrogen (secondary N) is 3. The number of aromatic amines is 1. The molecule has 8 heteroatoms. The lowest BCUT2D eigenvalue weighted by molar-refractivity contribution is 0.101. The average molecular weight is 341 g/mol. The van der Waals surface area contributed by atoms with E-state index in [2.05, 4.69) is 30.5 Å². The van der Waals surface area contributed by atoms with E-state index in [-0.39, 0.29) is 5.91 Å². The average Bonchev–Trinajstić information content (AvgIpc) is 3.33. The third-order valence-electron chi connectivity index (χ3n) is 4.90. The number of hydrogen-bond donors (Lipinski definition) is 3. The van der Waals surface area contributed by atoms with Crippen LogP contribution in [0.25, 0.3) is 11.0 Å². The maximum absolute atomic E-state index is 12.9. The number of aryl methyl sites for hydroxylation is 2. The number of anilines is 1. The minimum absolute atomic E-state index is 0.125. The van der Waals surface area contributed by atoms with Crippen LogP contribution in [-0.2, 0) is 13.5 Å². The molecule has 0 radical (unpaired) electrons. The first kappa shape index (κ1) is 15.9. The summed E-state index contributed by atoms with van der Waals surface area (Å²) in [5.41, 5.74) is 2.35. The number of carbonyl (C=O) groups is 1. The van der Waals surface area contributed by atoms with Gasteiger partial charge in [-0.15, -0.1) is 0 Å². The number of hydrogen-bond acceptors (Lipinski definition) is 4. The molecule has 0 atom stereocenters. The number of H-pyrrole nitrogens is 1. The van der Waals surface area contributed by atoms with Crippen molar-refractivity contribution in [1.82, 2.24) is 29.9 Å². The third-order valence-corrected chi connectivity index (χ3v) is 4.90. The predicted octanol–water partition coefficient (Wildman–Crippen LogP) is 1.84. The molecule has 25 heavy (non-hydrogen) atoms. The van der Waals surface area contributed by atoms with Crippen LogP contribution in [0.5, 0.6) is 0 Å².